The Labute approximate surface area is 248 Å². The van der Waals surface area contributed by atoms with Crippen LogP contribution in [0.1, 0.15) is 56.9 Å². The van der Waals surface area contributed by atoms with E-state index in [2.05, 4.69) is 26.1 Å². The number of fused-ring (bicyclic) bond motifs is 7. The number of phenols is 1. The number of anilines is 1. The summed E-state index contributed by atoms with van der Waals surface area (Å²) in [7, 11) is 0. The van der Waals surface area contributed by atoms with Gasteiger partial charge in [0, 0.05) is 47.7 Å². The summed E-state index contributed by atoms with van der Waals surface area (Å²) in [6.45, 7) is 2.01. The second-order valence-corrected chi connectivity index (χ2v) is 13.0. The number of nitrogens with one attached hydrogen (secondary N) is 1. The number of piperazine rings is 1. The molecule has 220 valence electrons. The first-order valence-electron chi connectivity index (χ1n) is 15.3. The normalized spacial score (nSPS) is 26.3. The van der Waals surface area contributed by atoms with Crippen molar-refractivity contribution in [3.8, 4) is 35.4 Å². The monoisotopic (exact) mass is 581 g/mol. The zero-order valence-electron chi connectivity index (χ0n) is 23.9. The molecule has 0 amide bonds. The summed E-state index contributed by atoms with van der Waals surface area (Å²) in [5.41, 5.74) is 0.313. The molecule has 5 fully saturated rings. The van der Waals surface area contributed by atoms with Crippen LogP contribution >= 0.6 is 0 Å². The van der Waals surface area contributed by atoms with E-state index in [1.165, 1.54) is 43.5 Å². The minimum absolute atomic E-state index is 0.0149. The van der Waals surface area contributed by atoms with Crippen molar-refractivity contribution >= 4 is 27.5 Å². The lowest BCUT2D eigenvalue weighted by Gasteiger charge is -2.46. The Bertz CT molecular complexity index is 1790. The smallest absolute Gasteiger partial charge is 0.319 e. The van der Waals surface area contributed by atoms with Crippen molar-refractivity contribution in [2.75, 3.05) is 24.6 Å². The average Bonchev–Trinajstić information content (AvgIpc) is 3.37. The fourth-order valence-electron chi connectivity index (χ4n) is 8.01. The number of nitrogens with zero attached hydrogens (tertiary/aromatic N) is 4. The first-order chi connectivity index (χ1) is 20.9. The largest absolute Gasteiger partial charge is 0.508 e. The molecule has 43 heavy (non-hydrogen) atoms. The highest BCUT2D eigenvalue weighted by atomic mass is 19.1. The lowest BCUT2D eigenvalue weighted by Crippen LogP contribution is -2.51. The van der Waals surface area contributed by atoms with Crippen molar-refractivity contribution < 1.29 is 18.6 Å². The van der Waals surface area contributed by atoms with Crippen LogP contribution in [0.25, 0.3) is 32.9 Å². The SMILES string of the molecule is C#Cc1c(F)ccc2cc(O)cc(-c3ncc4c(N5C[C@H]6CC[C@@H](C5)N6)nc(OCC56CCC(CC5)CC6)nc4c3F)c12. The predicted octanol–water partition coefficient (Wildman–Crippen LogP) is 6.10. The quantitative estimate of drug-likeness (QED) is 0.276. The van der Waals surface area contributed by atoms with Gasteiger partial charge in [0.05, 0.1) is 17.6 Å². The Hall–Kier alpha value is -4.03. The summed E-state index contributed by atoms with van der Waals surface area (Å²) >= 11 is 0. The van der Waals surface area contributed by atoms with Gasteiger partial charge in [-0.1, -0.05) is 12.0 Å². The molecule has 0 spiro atoms. The summed E-state index contributed by atoms with van der Waals surface area (Å²) in [5.74, 6) is 2.44. The van der Waals surface area contributed by atoms with Gasteiger partial charge in [0.15, 0.2) is 5.82 Å². The van der Waals surface area contributed by atoms with E-state index in [0.29, 0.717) is 40.7 Å². The van der Waals surface area contributed by atoms with Gasteiger partial charge in [-0.15, -0.1) is 6.42 Å². The highest BCUT2D eigenvalue weighted by Gasteiger charge is 2.41. The van der Waals surface area contributed by atoms with E-state index < -0.39 is 11.6 Å². The van der Waals surface area contributed by atoms with Crippen molar-refractivity contribution in [3.63, 3.8) is 0 Å². The maximum atomic E-state index is 16.7. The molecule has 0 unspecified atom stereocenters. The topological polar surface area (TPSA) is 83.4 Å². The molecule has 0 radical (unpaired) electrons. The number of benzene rings is 2. The number of terminal acetylenes is 1. The molecule has 5 aliphatic rings. The number of pyridine rings is 1. The van der Waals surface area contributed by atoms with E-state index in [1.807, 2.05) is 0 Å². The highest BCUT2D eigenvalue weighted by Crippen LogP contribution is 2.50. The second-order valence-electron chi connectivity index (χ2n) is 13.0. The number of halogens is 2. The molecule has 4 aromatic rings. The van der Waals surface area contributed by atoms with Gasteiger partial charge in [-0.25, -0.2) is 8.78 Å². The highest BCUT2D eigenvalue weighted by molar-refractivity contribution is 6.03. The number of rotatable bonds is 5. The molecule has 9 heteroatoms. The van der Waals surface area contributed by atoms with E-state index in [-0.39, 0.29) is 39.5 Å². The van der Waals surface area contributed by atoms with Crippen LogP contribution in [0, 0.1) is 35.3 Å². The van der Waals surface area contributed by atoms with E-state index in [4.69, 9.17) is 16.1 Å². The number of hydrogen-bond acceptors (Lipinski definition) is 7. The number of hydrogen-bond donors (Lipinski definition) is 2. The van der Waals surface area contributed by atoms with E-state index in [1.54, 1.807) is 6.20 Å². The van der Waals surface area contributed by atoms with E-state index in [9.17, 15) is 9.50 Å². The lowest BCUT2D eigenvalue weighted by molar-refractivity contribution is 0.0162. The second kappa shape index (κ2) is 10.0. The molecular weight excluding hydrogens is 548 g/mol. The van der Waals surface area contributed by atoms with E-state index in [0.717, 1.165) is 51.1 Å². The summed E-state index contributed by atoms with van der Waals surface area (Å²) < 4.78 is 37.9. The molecule has 4 heterocycles. The maximum absolute atomic E-state index is 16.7. The zero-order valence-corrected chi connectivity index (χ0v) is 23.9. The third kappa shape index (κ3) is 4.46. The van der Waals surface area contributed by atoms with Gasteiger partial charge in [0.1, 0.15) is 28.6 Å². The van der Waals surface area contributed by atoms with Crippen molar-refractivity contribution in [2.24, 2.45) is 11.3 Å². The van der Waals surface area contributed by atoms with Crippen LogP contribution in [0.15, 0.2) is 30.5 Å². The Morgan fingerprint density at radius 1 is 1.05 bits per heavy atom. The summed E-state index contributed by atoms with van der Waals surface area (Å²) in [6, 6.07) is 6.44. The fourth-order valence-corrected chi connectivity index (χ4v) is 8.01. The van der Waals surface area contributed by atoms with Crippen LogP contribution in [0.2, 0.25) is 0 Å². The molecule has 2 aromatic carbocycles. The third-order valence-corrected chi connectivity index (χ3v) is 10.4. The number of aromatic hydroxyl groups is 1. The minimum atomic E-state index is -0.695. The molecule has 2 aliphatic heterocycles. The Morgan fingerprint density at radius 3 is 2.51 bits per heavy atom. The lowest BCUT2D eigenvalue weighted by atomic mass is 9.61. The Kier molecular flexibility index (Phi) is 6.19. The zero-order chi connectivity index (χ0) is 29.3. The van der Waals surface area contributed by atoms with Crippen LogP contribution in [0.4, 0.5) is 14.6 Å². The number of phenolic OH excluding ortho intramolecular Hbond substituents is 1. The van der Waals surface area contributed by atoms with Gasteiger partial charge in [-0.05, 0) is 80.9 Å². The summed E-state index contributed by atoms with van der Waals surface area (Å²) in [4.78, 5) is 16.2. The van der Waals surface area contributed by atoms with Crippen LogP contribution in [0.5, 0.6) is 11.8 Å². The van der Waals surface area contributed by atoms with Gasteiger partial charge >= 0.3 is 6.01 Å². The Balaban J connectivity index is 1.27. The van der Waals surface area contributed by atoms with Gasteiger partial charge in [0.25, 0.3) is 0 Å². The van der Waals surface area contributed by atoms with Crippen molar-refractivity contribution in [1.29, 1.82) is 0 Å². The molecule has 9 rings (SSSR count). The average molecular weight is 582 g/mol. The van der Waals surface area contributed by atoms with Gasteiger partial charge in [-0.2, -0.15) is 9.97 Å². The molecule has 2 saturated heterocycles. The first kappa shape index (κ1) is 26.6. The van der Waals surface area contributed by atoms with Crippen LogP contribution in [0.3, 0.4) is 0 Å². The minimum Gasteiger partial charge on any atom is -0.508 e. The molecule has 7 nitrogen and oxygen atoms in total. The maximum Gasteiger partial charge on any atom is 0.319 e. The molecule has 4 bridgehead atoms. The Morgan fingerprint density at radius 2 is 1.79 bits per heavy atom. The van der Waals surface area contributed by atoms with Crippen LogP contribution < -0.4 is 15.0 Å². The molecule has 2 N–H and O–H groups in total. The summed E-state index contributed by atoms with van der Waals surface area (Å²) in [6.07, 6.45) is 16.6. The molecular formula is C34H33F2N5O2. The number of ether oxygens (including phenoxy) is 1. The van der Waals surface area contributed by atoms with Gasteiger partial charge in [-0.3, -0.25) is 4.98 Å². The molecule has 2 atom stereocenters. The molecule has 2 aromatic heterocycles. The number of aromatic nitrogens is 3. The van der Waals surface area contributed by atoms with Crippen molar-refractivity contribution in [3.05, 3.63) is 47.7 Å². The molecule has 3 aliphatic carbocycles. The molecule has 3 saturated carbocycles. The first-order valence-corrected chi connectivity index (χ1v) is 15.3. The summed E-state index contributed by atoms with van der Waals surface area (Å²) in [5, 5.41) is 15.4. The van der Waals surface area contributed by atoms with Crippen molar-refractivity contribution in [2.45, 2.75) is 63.5 Å². The predicted molar refractivity (Wildman–Crippen MR) is 161 cm³/mol. The van der Waals surface area contributed by atoms with E-state index >= 15 is 4.39 Å². The third-order valence-electron chi connectivity index (χ3n) is 10.4. The van der Waals surface area contributed by atoms with Crippen LogP contribution in [-0.4, -0.2) is 51.8 Å². The van der Waals surface area contributed by atoms with Crippen molar-refractivity contribution in [1.82, 2.24) is 20.3 Å². The van der Waals surface area contributed by atoms with Gasteiger partial charge in [0.2, 0.25) is 0 Å². The van der Waals surface area contributed by atoms with Crippen LogP contribution in [-0.2, 0) is 0 Å². The fraction of sp³-hybridized carbons (Fsp3) is 0.441. The van der Waals surface area contributed by atoms with Gasteiger partial charge < -0.3 is 20.1 Å². The standard InChI is InChI=1S/C34H33F2N5O2/c1-2-24-27(35)6-3-20-13-23(42)14-25(28(20)24)30-29(36)31-26(15-37-30)32(41-16-21-4-5-22(17-41)38-21)40-33(39-31)43-18-34-10-7-19(8-11-34)9-12-34/h1,3,6,13-15,19,21-22,38,42H,4-5,7-12,16-18H2/t19?,21-,22+,34?.